The van der Waals surface area contributed by atoms with Gasteiger partial charge in [0.1, 0.15) is 0 Å². The normalized spacial score (nSPS) is 11.8. The number of benzene rings is 1. The van der Waals surface area contributed by atoms with E-state index in [4.69, 9.17) is 17.3 Å². The highest BCUT2D eigenvalue weighted by molar-refractivity contribution is 6.30. The Morgan fingerprint density at radius 1 is 1.22 bits per heavy atom. The summed E-state index contributed by atoms with van der Waals surface area (Å²) in [4.78, 5) is 0. The van der Waals surface area contributed by atoms with E-state index in [1.807, 2.05) is 0 Å². The molecule has 0 atom stereocenters. The molecule has 7 heteroatoms. The molecule has 0 aliphatic carbocycles. The maximum atomic E-state index is 12.7. The summed E-state index contributed by atoms with van der Waals surface area (Å²) in [5.41, 5.74) is 4.63. The van der Waals surface area contributed by atoms with Gasteiger partial charge in [-0.15, -0.1) is 0 Å². The Bertz CT molecular complexity index is 546. The highest BCUT2D eigenvalue weighted by Crippen LogP contribution is 2.33. The number of hydrogen-bond donors (Lipinski definition) is 1. The molecular weight excluding hydrogens is 267 g/mol. The van der Waals surface area contributed by atoms with Crippen LogP contribution in [-0.4, -0.2) is 9.78 Å². The van der Waals surface area contributed by atoms with Gasteiger partial charge in [-0.25, -0.2) is 0 Å². The Kier molecular flexibility index (Phi) is 3.21. The lowest BCUT2D eigenvalue weighted by Crippen LogP contribution is -2.16. The van der Waals surface area contributed by atoms with E-state index in [1.54, 1.807) is 24.3 Å². The SMILES string of the molecule is Nc1cnn(Cc2ccc(Cl)cc2)c1C(F)(F)F. The van der Waals surface area contributed by atoms with Crippen molar-refractivity contribution < 1.29 is 13.2 Å². The van der Waals surface area contributed by atoms with Crippen LogP contribution in [-0.2, 0) is 12.7 Å². The van der Waals surface area contributed by atoms with E-state index in [9.17, 15) is 13.2 Å². The molecule has 0 amide bonds. The second kappa shape index (κ2) is 4.53. The fourth-order valence-corrected chi connectivity index (χ4v) is 1.72. The van der Waals surface area contributed by atoms with Crippen molar-refractivity contribution in [3.05, 3.63) is 46.7 Å². The van der Waals surface area contributed by atoms with Crippen LogP contribution in [0, 0.1) is 0 Å². The standard InChI is InChI=1S/C11H9ClF3N3/c12-8-3-1-7(2-4-8)6-18-10(11(13,14)15)9(16)5-17-18/h1-5H,6,16H2. The fraction of sp³-hybridized carbons (Fsp3) is 0.182. The number of hydrogen-bond acceptors (Lipinski definition) is 2. The van der Waals surface area contributed by atoms with Crippen LogP contribution in [0.5, 0.6) is 0 Å². The Balaban J connectivity index is 2.33. The van der Waals surface area contributed by atoms with Crippen LogP contribution >= 0.6 is 11.6 Å². The van der Waals surface area contributed by atoms with E-state index in [0.29, 0.717) is 10.6 Å². The van der Waals surface area contributed by atoms with Crippen LogP contribution in [0.2, 0.25) is 5.02 Å². The summed E-state index contributed by atoms with van der Waals surface area (Å²) in [6.07, 6.45) is -3.52. The predicted octanol–water partition coefficient (Wildman–Crippen LogP) is 3.19. The quantitative estimate of drug-likeness (QED) is 0.915. The number of nitrogens with zero attached hydrogens (tertiary/aromatic N) is 2. The molecule has 18 heavy (non-hydrogen) atoms. The fourth-order valence-electron chi connectivity index (χ4n) is 1.59. The van der Waals surface area contributed by atoms with E-state index in [-0.39, 0.29) is 12.2 Å². The Morgan fingerprint density at radius 2 is 1.83 bits per heavy atom. The molecule has 1 heterocycles. The van der Waals surface area contributed by atoms with Gasteiger partial charge in [-0.3, -0.25) is 4.68 Å². The van der Waals surface area contributed by atoms with Crippen molar-refractivity contribution >= 4 is 17.3 Å². The zero-order chi connectivity index (χ0) is 13.3. The first-order valence-corrected chi connectivity index (χ1v) is 5.38. The van der Waals surface area contributed by atoms with Crippen LogP contribution in [0.25, 0.3) is 0 Å². The van der Waals surface area contributed by atoms with Gasteiger partial charge in [-0.1, -0.05) is 23.7 Å². The third kappa shape index (κ3) is 2.59. The third-order valence-electron chi connectivity index (χ3n) is 2.38. The van der Waals surface area contributed by atoms with Gasteiger partial charge in [0.25, 0.3) is 0 Å². The summed E-state index contributed by atoms with van der Waals surface area (Å²) in [7, 11) is 0. The first-order chi connectivity index (χ1) is 8.38. The number of alkyl halides is 3. The molecule has 2 N–H and O–H groups in total. The average Bonchev–Trinajstić information content (AvgIpc) is 2.63. The van der Waals surface area contributed by atoms with E-state index < -0.39 is 11.9 Å². The van der Waals surface area contributed by atoms with E-state index in [2.05, 4.69) is 5.10 Å². The molecule has 1 aromatic carbocycles. The van der Waals surface area contributed by atoms with Crippen LogP contribution in [0.4, 0.5) is 18.9 Å². The summed E-state index contributed by atoms with van der Waals surface area (Å²) in [6.45, 7) is -0.0107. The van der Waals surface area contributed by atoms with E-state index >= 15 is 0 Å². The van der Waals surface area contributed by atoms with Crippen LogP contribution in [0.3, 0.4) is 0 Å². The molecule has 0 saturated carbocycles. The molecule has 1 aromatic heterocycles. The highest BCUT2D eigenvalue weighted by Gasteiger charge is 2.37. The van der Waals surface area contributed by atoms with Gasteiger partial charge in [0, 0.05) is 5.02 Å². The lowest BCUT2D eigenvalue weighted by atomic mass is 10.2. The molecule has 2 aromatic rings. The molecule has 0 spiro atoms. The lowest BCUT2D eigenvalue weighted by molar-refractivity contribution is -0.143. The molecule has 0 aliphatic rings. The molecule has 0 unspecified atom stereocenters. The summed E-state index contributed by atoms with van der Waals surface area (Å²) in [5.74, 6) is 0. The minimum absolute atomic E-state index is 0.0107. The molecule has 2 rings (SSSR count). The van der Waals surface area contributed by atoms with Crippen molar-refractivity contribution in [2.75, 3.05) is 5.73 Å². The minimum Gasteiger partial charge on any atom is -0.396 e. The van der Waals surface area contributed by atoms with Gasteiger partial charge in [0.15, 0.2) is 5.69 Å². The Morgan fingerprint density at radius 3 is 2.39 bits per heavy atom. The van der Waals surface area contributed by atoms with Gasteiger partial charge in [0.2, 0.25) is 0 Å². The lowest BCUT2D eigenvalue weighted by Gasteiger charge is -2.11. The number of aromatic nitrogens is 2. The van der Waals surface area contributed by atoms with Gasteiger partial charge >= 0.3 is 6.18 Å². The molecule has 0 aliphatic heterocycles. The summed E-state index contributed by atoms with van der Waals surface area (Å²) < 4.78 is 39.1. The second-order valence-corrected chi connectivity index (χ2v) is 4.17. The zero-order valence-electron chi connectivity index (χ0n) is 9.08. The van der Waals surface area contributed by atoms with Crippen molar-refractivity contribution in [3.8, 4) is 0 Å². The maximum Gasteiger partial charge on any atom is 0.435 e. The van der Waals surface area contributed by atoms with Crippen molar-refractivity contribution in [1.82, 2.24) is 9.78 Å². The van der Waals surface area contributed by atoms with Crippen LogP contribution in [0.1, 0.15) is 11.3 Å². The van der Waals surface area contributed by atoms with Gasteiger partial charge < -0.3 is 5.73 Å². The van der Waals surface area contributed by atoms with E-state index in [0.717, 1.165) is 10.9 Å². The van der Waals surface area contributed by atoms with Crippen molar-refractivity contribution in [2.45, 2.75) is 12.7 Å². The summed E-state index contributed by atoms with van der Waals surface area (Å²) >= 11 is 5.70. The van der Waals surface area contributed by atoms with Gasteiger partial charge in [0.05, 0.1) is 18.4 Å². The Hall–Kier alpha value is -1.69. The topological polar surface area (TPSA) is 43.8 Å². The molecule has 0 radical (unpaired) electrons. The number of halogens is 4. The smallest absolute Gasteiger partial charge is 0.396 e. The van der Waals surface area contributed by atoms with Crippen molar-refractivity contribution in [3.63, 3.8) is 0 Å². The number of nitrogen functional groups attached to an aromatic ring is 1. The summed E-state index contributed by atoms with van der Waals surface area (Å²) in [5, 5.41) is 4.16. The third-order valence-corrected chi connectivity index (χ3v) is 2.63. The average molecular weight is 276 g/mol. The Labute approximate surface area is 106 Å². The van der Waals surface area contributed by atoms with E-state index in [1.165, 1.54) is 0 Å². The molecule has 0 saturated heterocycles. The minimum atomic E-state index is -4.52. The number of anilines is 1. The second-order valence-electron chi connectivity index (χ2n) is 3.73. The predicted molar refractivity (Wildman–Crippen MR) is 62.2 cm³/mol. The monoisotopic (exact) mass is 275 g/mol. The van der Waals surface area contributed by atoms with Crippen molar-refractivity contribution in [2.24, 2.45) is 0 Å². The highest BCUT2D eigenvalue weighted by atomic mass is 35.5. The first kappa shape index (κ1) is 12.8. The number of rotatable bonds is 2. The molecule has 0 bridgehead atoms. The van der Waals surface area contributed by atoms with Gasteiger partial charge in [-0.2, -0.15) is 18.3 Å². The molecule has 0 fully saturated rings. The molecular formula is C11H9ClF3N3. The summed E-state index contributed by atoms with van der Waals surface area (Å²) in [6, 6.07) is 6.49. The van der Waals surface area contributed by atoms with Gasteiger partial charge in [-0.05, 0) is 17.7 Å². The molecule has 96 valence electrons. The van der Waals surface area contributed by atoms with Crippen molar-refractivity contribution in [1.29, 1.82) is 0 Å². The number of nitrogens with two attached hydrogens (primary N) is 1. The van der Waals surface area contributed by atoms with Crippen LogP contribution in [0.15, 0.2) is 30.5 Å². The first-order valence-electron chi connectivity index (χ1n) is 5.01. The van der Waals surface area contributed by atoms with Crippen LogP contribution < -0.4 is 5.73 Å². The molecule has 3 nitrogen and oxygen atoms in total. The largest absolute Gasteiger partial charge is 0.435 e. The zero-order valence-corrected chi connectivity index (χ0v) is 9.83. The maximum absolute atomic E-state index is 12.7.